The van der Waals surface area contributed by atoms with Gasteiger partial charge in [0, 0.05) is 16.8 Å². The SMILES string of the molecule is CCCN(CC(=O)NC(=O)Nc1ccc2c(c1)OCCO2)CC(=O)Nc1ccc(Cl)cc1Cl. The van der Waals surface area contributed by atoms with Gasteiger partial charge in [-0.05, 0) is 43.3 Å². The van der Waals surface area contributed by atoms with Crippen LogP contribution in [0.2, 0.25) is 10.0 Å². The Morgan fingerprint density at radius 2 is 1.67 bits per heavy atom. The summed E-state index contributed by atoms with van der Waals surface area (Å²) in [5.74, 6) is 0.222. The van der Waals surface area contributed by atoms with Crippen molar-refractivity contribution in [2.75, 3.05) is 43.5 Å². The highest BCUT2D eigenvalue weighted by atomic mass is 35.5. The third-order valence-corrected chi connectivity index (χ3v) is 5.08. The zero-order valence-corrected chi connectivity index (χ0v) is 19.5. The van der Waals surface area contributed by atoms with Crippen LogP contribution in [0.3, 0.4) is 0 Å². The van der Waals surface area contributed by atoms with Gasteiger partial charge in [-0.2, -0.15) is 0 Å². The number of hydrogen-bond acceptors (Lipinski definition) is 6. The van der Waals surface area contributed by atoms with Crippen LogP contribution in [0.25, 0.3) is 0 Å². The van der Waals surface area contributed by atoms with Crippen molar-refractivity contribution in [1.82, 2.24) is 10.2 Å². The maximum atomic E-state index is 12.4. The Morgan fingerprint density at radius 1 is 0.939 bits per heavy atom. The maximum absolute atomic E-state index is 12.4. The molecule has 0 saturated heterocycles. The molecule has 1 aliphatic heterocycles. The van der Waals surface area contributed by atoms with Crippen LogP contribution in [0.4, 0.5) is 16.2 Å². The number of rotatable bonds is 8. The second-order valence-corrected chi connectivity index (χ2v) is 8.09. The number of carbonyl (C=O) groups is 3. The number of benzene rings is 2. The lowest BCUT2D eigenvalue weighted by Gasteiger charge is -2.21. The number of urea groups is 1. The maximum Gasteiger partial charge on any atom is 0.325 e. The summed E-state index contributed by atoms with van der Waals surface area (Å²) in [5, 5.41) is 8.31. The molecule has 3 N–H and O–H groups in total. The van der Waals surface area contributed by atoms with Gasteiger partial charge < -0.3 is 20.1 Å². The van der Waals surface area contributed by atoms with Gasteiger partial charge >= 0.3 is 6.03 Å². The van der Waals surface area contributed by atoms with Crippen LogP contribution in [0, 0.1) is 0 Å². The van der Waals surface area contributed by atoms with Crippen molar-refractivity contribution in [2.45, 2.75) is 13.3 Å². The molecule has 4 amide bonds. The molecule has 0 radical (unpaired) electrons. The molecule has 2 aromatic rings. The van der Waals surface area contributed by atoms with Gasteiger partial charge in [-0.3, -0.25) is 19.8 Å². The number of ether oxygens (including phenoxy) is 2. The summed E-state index contributed by atoms with van der Waals surface area (Å²) in [6.07, 6.45) is 0.714. The van der Waals surface area contributed by atoms with E-state index in [1.807, 2.05) is 6.92 Å². The standard InChI is InChI=1S/C22H24Cl2N4O5/c1-2-7-28(12-20(29)26-17-5-3-14(23)10-16(17)24)13-21(30)27-22(31)25-15-4-6-18-19(11-15)33-9-8-32-18/h3-6,10-11H,2,7-9,12-13H2,1H3,(H,26,29)(H2,25,27,30,31). The monoisotopic (exact) mass is 494 g/mol. The van der Waals surface area contributed by atoms with Crippen molar-refractivity contribution in [3.8, 4) is 11.5 Å². The first kappa shape index (κ1) is 24.6. The second-order valence-electron chi connectivity index (χ2n) is 7.24. The van der Waals surface area contributed by atoms with E-state index in [-0.39, 0.29) is 19.0 Å². The Labute approximate surface area is 201 Å². The molecule has 0 unspecified atom stereocenters. The summed E-state index contributed by atoms with van der Waals surface area (Å²) in [6.45, 7) is 3.11. The largest absolute Gasteiger partial charge is 0.486 e. The Bertz CT molecular complexity index is 1030. The zero-order chi connectivity index (χ0) is 23.8. The van der Waals surface area contributed by atoms with E-state index in [1.54, 1.807) is 35.2 Å². The molecule has 0 atom stereocenters. The normalized spacial score (nSPS) is 12.2. The van der Waals surface area contributed by atoms with Crippen LogP contribution in [0.5, 0.6) is 11.5 Å². The van der Waals surface area contributed by atoms with Gasteiger partial charge in [-0.15, -0.1) is 0 Å². The fourth-order valence-corrected chi connectivity index (χ4v) is 3.62. The molecule has 33 heavy (non-hydrogen) atoms. The lowest BCUT2D eigenvalue weighted by Crippen LogP contribution is -2.44. The smallest absolute Gasteiger partial charge is 0.325 e. The van der Waals surface area contributed by atoms with Crippen molar-refractivity contribution in [3.63, 3.8) is 0 Å². The quantitative estimate of drug-likeness (QED) is 0.515. The Morgan fingerprint density at radius 3 is 2.39 bits per heavy atom. The number of anilines is 2. The molecule has 0 fully saturated rings. The highest BCUT2D eigenvalue weighted by Gasteiger charge is 2.18. The van der Waals surface area contributed by atoms with Gasteiger partial charge in [0.05, 0.1) is 23.8 Å². The van der Waals surface area contributed by atoms with Gasteiger partial charge in [-0.25, -0.2) is 4.79 Å². The number of nitrogens with zero attached hydrogens (tertiary/aromatic N) is 1. The number of imide groups is 1. The summed E-state index contributed by atoms with van der Waals surface area (Å²) in [7, 11) is 0. The van der Waals surface area contributed by atoms with E-state index in [0.717, 1.165) is 0 Å². The molecule has 1 heterocycles. The highest BCUT2D eigenvalue weighted by Crippen LogP contribution is 2.32. The average molecular weight is 495 g/mol. The van der Waals surface area contributed by atoms with Crippen LogP contribution in [-0.4, -0.2) is 55.6 Å². The summed E-state index contributed by atoms with van der Waals surface area (Å²) < 4.78 is 10.9. The first-order valence-electron chi connectivity index (χ1n) is 10.3. The number of nitrogens with one attached hydrogen (secondary N) is 3. The number of hydrogen-bond donors (Lipinski definition) is 3. The fourth-order valence-electron chi connectivity index (χ4n) is 3.17. The Balaban J connectivity index is 1.50. The first-order chi connectivity index (χ1) is 15.8. The van der Waals surface area contributed by atoms with Crippen molar-refractivity contribution in [2.24, 2.45) is 0 Å². The minimum Gasteiger partial charge on any atom is -0.486 e. The topological polar surface area (TPSA) is 109 Å². The van der Waals surface area contributed by atoms with E-state index in [9.17, 15) is 14.4 Å². The van der Waals surface area contributed by atoms with Crippen LogP contribution >= 0.6 is 23.2 Å². The number of halogens is 2. The number of fused-ring (bicyclic) bond motifs is 1. The lowest BCUT2D eigenvalue weighted by molar-refractivity contribution is -0.122. The second kappa shape index (κ2) is 11.7. The molecular formula is C22H24Cl2N4O5. The molecule has 1 aliphatic rings. The van der Waals surface area contributed by atoms with Crippen LogP contribution in [-0.2, 0) is 9.59 Å². The van der Waals surface area contributed by atoms with Crippen molar-refractivity contribution >= 4 is 52.4 Å². The van der Waals surface area contributed by atoms with Crippen molar-refractivity contribution in [1.29, 1.82) is 0 Å². The molecule has 0 aromatic heterocycles. The molecule has 0 aliphatic carbocycles. The van der Waals surface area contributed by atoms with Crippen LogP contribution in [0.1, 0.15) is 13.3 Å². The van der Waals surface area contributed by atoms with E-state index >= 15 is 0 Å². The minimum absolute atomic E-state index is 0.0516. The molecule has 176 valence electrons. The molecule has 0 bridgehead atoms. The van der Waals surface area contributed by atoms with Gasteiger partial charge in [-0.1, -0.05) is 30.1 Å². The molecule has 3 rings (SSSR count). The lowest BCUT2D eigenvalue weighted by atomic mass is 10.2. The Hall–Kier alpha value is -3.01. The van der Waals surface area contributed by atoms with Crippen molar-refractivity contribution < 1.29 is 23.9 Å². The number of carbonyl (C=O) groups excluding carboxylic acids is 3. The first-order valence-corrected chi connectivity index (χ1v) is 11.1. The van der Waals surface area contributed by atoms with Crippen LogP contribution in [0.15, 0.2) is 36.4 Å². The van der Waals surface area contributed by atoms with E-state index < -0.39 is 11.9 Å². The fraction of sp³-hybridized carbons (Fsp3) is 0.318. The summed E-state index contributed by atoms with van der Waals surface area (Å²) in [4.78, 5) is 38.6. The molecule has 0 spiro atoms. The van der Waals surface area contributed by atoms with Crippen LogP contribution < -0.4 is 25.4 Å². The van der Waals surface area contributed by atoms with E-state index in [0.29, 0.717) is 59.1 Å². The predicted octanol–water partition coefficient (Wildman–Crippen LogP) is 3.76. The van der Waals surface area contributed by atoms with Gasteiger partial charge in [0.2, 0.25) is 11.8 Å². The summed E-state index contributed by atoms with van der Waals surface area (Å²) in [5.41, 5.74) is 0.875. The van der Waals surface area contributed by atoms with E-state index in [1.165, 1.54) is 6.07 Å². The van der Waals surface area contributed by atoms with Crippen molar-refractivity contribution in [3.05, 3.63) is 46.4 Å². The third kappa shape index (κ3) is 7.52. The molecular weight excluding hydrogens is 471 g/mol. The summed E-state index contributed by atoms with van der Waals surface area (Å²) >= 11 is 11.9. The summed E-state index contributed by atoms with van der Waals surface area (Å²) in [6, 6.07) is 8.99. The molecule has 2 aromatic carbocycles. The average Bonchev–Trinajstić information content (AvgIpc) is 2.75. The minimum atomic E-state index is -0.689. The third-order valence-electron chi connectivity index (χ3n) is 4.53. The van der Waals surface area contributed by atoms with Gasteiger partial charge in [0.1, 0.15) is 13.2 Å². The van der Waals surface area contributed by atoms with E-state index in [4.69, 9.17) is 32.7 Å². The van der Waals surface area contributed by atoms with Gasteiger partial charge in [0.15, 0.2) is 11.5 Å². The van der Waals surface area contributed by atoms with Gasteiger partial charge in [0.25, 0.3) is 0 Å². The zero-order valence-electron chi connectivity index (χ0n) is 18.0. The predicted molar refractivity (Wildman–Crippen MR) is 126 cm³/mol. The molecule has 0 saturated carbocycles. The number of amides is 4. The molecule has 9 nitrogen and oxygen atoms in total. The Kier molecular flexibility index (Phi) is 8.76. The highest BCUT2D eigenvalue weighted by molar-refractivity contribution is 6.36. The van der Waals surface area contributed by atoms with E-state index in [2.05, 4.69) is 16.0 Å². The molecule has 11 heteroatoms.